The molecular weight excluding hydrogens is 672 g/mol. The average molecular weight is 711 g/mol. The number of carbonyl (C=O) groups is 1. The molecule has 0 aliphatic carbocycles. The summed E-state index contributed by atoms with van der Waals surface area (Å²) in [5.74, 6) is 0.0496. The summed E-state index contributed by atoms with van der Waals surface area (Å²) in [5, 5.41) is 0. The van der Waals surface area contributed by atoms with Crippen LogP contribution in [0.15, 0.2) is 133 Å². The Kier molecular flexibility index (Phi) is 10.1. The van der Waals surface area contributed by atoms with Crippen molar-refractivity contribution in [2.45, 2.75) is 57.4 Å². The Morgan fingerprint density at radius 2 is 1.40 bits per heavy atom. The molecule has 5 atom stereocenters. The summed E-state index contributed by atoms with van der Waals surface area (Å²) >= 11 is 0. The van der Waals surface area contributed by atoms with Gasteiger partial charge in [0.25, 0.3) is 5.95 Å². The van der Waals surface area contributed by atoms with Crippen molar-refractivity contribution in [2.24, 2.45) is 4.99 Å². The number of imidazole rings is 1. The molecular formula is C41H38N6O6. The predicted molar refractivity (Wildman–Crippen MR) is 196 cm³/mol. The van der Waals surface area contributed by atoms with E-state index in [0.29, 0.717) is 24.3 Å². The van der Waals surface area contributed by atoms with Crippen LogP contribution in [0.25, 0.3) is 11.2 Å². The van der Waals surface area contributed by atoms with E-state index >= 15 is 0 Å². The van der Waals surface area contributed by atoms with Gasteiger partial charge in [-0.1, -0.05) is 121 Å². The summed E-state index contributed by atoms with van der Waals surface area (Å²) in [4.78, 5) is 33.0. The van der Waals surface area contributed by atoms with E-state index in [2.05, 4.69) is 29.2 Å². The quantitative estimate of drug-likeness (QED) is 0.0726. The number of hydrogen-bond acceptors (Lipinski definition) is 10. The van der Waals surface area contributed by atoms with Crippen LogP contribution in [0.5, 0.6) is 5.88 Å². The molecule has 4 heterocycles. The third kappa shape index (κ3) is 7.95. The van der Waals surface area contributed by atoms with Crippen LogP contribution in [0.1, 0.15) is 41.7 Å². The molecule has 2 saturated heterocycles. The van der Waals surface area contributed by atoms with Crippen LogP contribution >= 0.6 is 0 Å². The van der Waals surface area contributed by atoms with Crippen LogP contribution in [0.4, 0.5) is 5.95 Å². The van der Waals surface area contributed by atoms with E-state index in [1.54, 1.807) is 17.2 Å². The molecule has 12 heteroatoms. The second kappa shape index (κ2) is 15.7. The van der Waals surface area contributed by atoms with Crippen LogP contribution in [0, 0.1) is 0 Å². The second-order valence-electron chi connectivity index (χ2n) is 12.9. The average Bonchev–Trinajstić information content (AvgIpc) is 3.91. The van der Waals surface area contributed by atoms with Crippen molar-refractivity contribution in [3.05, 3.63) is 150 Å². The summed E-state index contributed by atoms with van der Waals surface area (Å²) in [7, 11) is 0. The number of esters is 1. The first-order chi connectivity index (χ1) is 26.1. The van der Waals surface area contributed by atoms with E-state index in [4.69, 9.17) is 43.6 Å². The van der Waals surface area contributed by atoms with E-state index in [1.165, 1.54) is 6.92 Å². The number of aliphatic imine (C=N–C) groups is 1. The van der Waals surface area contributed by atoms with Gasteiger partial charge in [-0.15, -0.1) is 0 Å². The summed E-state index contributed by atoms with van der Waals surface area (Å²) in [5.41, 5.74) is 5.00. The summed E-state index contributed by atoms with van der Waals surface area (Å²) in [6.07, 6.45) is 0.346. The van der Waals surface area contributed by atoms with Gasteiger partial charge in [0.15, 0.2) is 23.7 Å². The Bertz CT molecular complexity index is 2110. The van der Waals surface area contributed by atoms with Crippen molar-refractivity contribution < 1.29 is 28.5 Å². The fourth-order valence-corrected chi connectivity index (χ4v) is 6.52. The number of rotatable bonds is 13. The zero-order valence-electron chi connectivity index (χ0n) is 29.0. The highest BCUT2D eigenvalue weighted by molar-refractivity contribution is 5.78. The van der Waals surface area contributed by atoms with Gasteiger partial charge in [-0.25, -0.2) is 9.98 Å². The Balaban J connectivity index is 1.15. The molecule has 1 unspecified atom stereocenters. The lowest BCUT2D eigenvalue weighted by atomic mass is 10.1. The third-order valence-corrected chi connectivity index (χ3v) is 9.03. The molecule has 0 N–H and O–H groups in total. The van der Waals surface area contributed by atoms with Crippen LogP contribution in [-0.4, -0.2) is 61.6 Å². The van der Waals surface area contributed by atoms with Gasteiger partial charge in [-0.3, -0.25) is 9.36 Å². The normalized spacial score (nSPS) is 20.8. The maximum absolute atomic E-state index is 11.8. The van der Waals surface area contributed by atoms with E-state index in [-0.39, 0.29) is 25.0 Å². The molecule has 2 aliphatic rings. The first-order valence-corrected chi connectivity index (χ1v) is 17.5. The Morgan fingerprint density at radius 1 is 0.792 bits per heavy atom. The first kappa shape index (κ1) is 34.2. The number of ether oxygens (including phenoxy) is 5. The van der Waals surface area contributed by atoms with Crippen LogP contribution in [0.3, 0.4) is 0 Å². The lowest BCUT2D eigenvalue weighted by molar-refractivity contribution is -0.165. The summed E-state index contributed by atoms with van der Waals surface area (Å²) < 4.78 is 32.9. The van der Waals surface area contributed by atoms with Crippen molar-refractivity contribution in [2.75, 3.05) is 6.61 Å². The lowest BCUT2D eigenvalue weighted by Gasteiger charge is -2.21. The number of hydrogen-bond donors (Lipinski definition) is 0. The largest absolute Gasteiger partial charge is 0.471 e. The van der Waals surface area contributed by atoms with Gasteiger partial charge in [-0.05, 0) is 16.7 Å². The molecule has 268 valence electrons. The van der Waals surface area contributed by atoms with Crippen molar-refractivity contribution >= 4 is 29.4 Å². The zero-order valence-corrected chi connectivity index (χ0v) is 29.0. The predicted octanol–water partition coefficient (Wildman–Crippen LogP) is 6.71. The topological polar surface area (TPSA) is 122 Å². The fourth-order valence-electron chi connectivity index (χ4n) is 6.52. The number of fused-ring (bicyclic) bond motifs is 2. The van der Waals surface area contributed by atoms with Gasteiger partial charge in [0, 0.05) is 25.6 Å². The SMILES string of the molecule is CC(=O)OC[C@H]1O[C@@H](n2cnc3c(OCc4ccccc4)nc(/N=C/N(Cc4ccccc4)Cc4ccccc4)nc32)[C@@H]2OC(c3ccccc3)O[C@@H]21. The highest BCUT2D eigenvalue weighted by Crippen LogP contribution is 2.45. The molecule has 12 nitrogen and oxygen atoms in total. The van der Waals surface area contributed by atoms with Gasteiger partial charge in [0.05, 0.1) is 12.7 Å². The van der Waals surface area contributed by atoms with E-state index in [1.807, 2.05) is 97.1 Å². The van der Waals surface area contributed by atoms with Crippen molar-refractivity contribution in [1.82, 2.24) is 24.4 Å². The molecule has 2 aromatic heterocycles. The van der Waals surface area contributed by atoms with Gasteiger partial charge in [0.2, 0.25) is 5.88 Å². The molecule has 0 radical (unpaired) electrons. The zero-order chi connectivity index (χ0) is 36.0. The standard InChI is InChI=1S/C41H38N6O6/c1-28(48)49-25-33-35-36(53-40(52-35)32-20-12-5-13-21-32)39(51-33)47-27-42-34-37(47)44-41(45-38(34)50-24-31-18-10-4-11-19-31)43-26-46(22-29-14-6-2-7-15-29)23-30-16-8-3-9-17-30/h2-21,26-27,33,35-36,39-40H,22-25H2,1H3/b43-26+/t33-,35-,36-,39-,40?/m1/s1. The van der Waals surface area contributed by atoms with E-state index in [9.17, 15) is 4.79 Å². The molecule has 2 aliphatic heterocycles. The number of benzene rings is 4. The van der Waals surface area contributed by atoms with Crippen molar-refractivity contribution in [3.63, 3.8) is 0 Å². The molecule has 0 spiro atoms. The monoisotopic (exact) mass is 710 g/mol. The smallest absolute Gasteiger partial charge is 0.302 e. The molecule has 4 aromatic carbocycles. The maximum atomic E-state index is 11.8. The molecule has 0 amide bonds. The molecule has 0 saturated carbocycles. The summed E-state index contributed by atoms with van der Waals surface area (Å²) in [6, 6.07) is 40.0. The van der Waals surface area contributed by atoms with E-state index < -0.39 is 36.8 Å². The Hall–Kier alpha value is -5.95. The maximum Gasteiger partial charge on any atom is 0.302 e. The number of carbonyl (C=O) groups excluding carboxylic acids is 1. The van der Waals surface area contributed by atoms with Gasteiger partial charge in [-0.2, -0.15) is 9.97 Å². The van der Waals surface area contributed by atoms with Gasteiger partial charge >= 0.3 is 5.97 Å². The first-order valence-electron chi connectivity index (χ1n) is 17.5. The summed E-state index contributed by atoms with van der Waals surface area (Å²) in [6.45, 7) is 2.88. The highest BCUT2D eigenvalue weighted by Gasteiger charge is 2.54. The lowest BCUT2D eigenvalue weighted by Crippen LogP contribution is -2.32. The Labute approximate surface area is 306 Å². The molecule has 8 rings (SSSR count). The van der Waals surface area contributed by atoms with Crippen LogP contribution in [-0.2, 0) is 43.4 Å². The van der Waals surface area contributed by atoms with E-state index in [0.717, 1.165) is 22.3 Å². The second-order valence-corrected chi connectivity index (χ2v) is 12.9. The third-order valence-electron chi connectivity index (χ3n) is 9.03. The number of nitrogens with zero attached hydrogens (tertiary/aromatic N) is 6. The van der Waals surface area contributed by atoms with Crippen LogP contribution in [0.2, 0.25) is 0 Å². The van der Waals surface area contributed by atoms with Crippen molar-refractivity contribution in [3.8, 4) is 5.88 Å². The Morgan fingerprint density at radius 3 is 2.04 bits per heavy atom. The minimum atomic E-state index is -0.722. The molecule has 53 heavy (non-hydrogen) atoms. The van der Waals surface area contributed by atoms with Crippen molar-refractivity contribution in [1.29, 1.82) is 0 Å². The van der Waals surface area contributed by atoms with Gasteiger partial charge < -0.3 is 28.6 Å². The minimum absolute atomic E-state index is 0.000866. The molecule has 6 aromatic rings. The molecule has 0 bridgehead atoms. The van der Waals surface area contributed by atoms with Gasteiger partial charge in [0.1, 0.15) is 31.5 Å². The molecule has 2 fully saturated rings. The minimum Gasteiger partial charge on any atom is -0.471 e. The van der Waals surface area contributed by atoms with Crippen LogP contribution < -0.4 is 4.74 Å². The number of aromatic nitrogens is 4. The highest BCUT2D eigenvalue weighted by atomic mass is 16.8. The fraction of sp³-hybridized carbons (Fsp3) is 0.244.